The van der Waals surface area contributed by atoms with Crippen molar-refractivity contribution in [3.8, 4) is 5.88 Å². The van der Waals surface area contributed by atoms with Crippen molar-refractivity contribution >= 4 is 17.5 Å². The Morgan fingerprint density at radius 2 is 1.48 bits per heavy atom. The highest BCUT2D eigenvalue weighted by Crippen LogP contribution is 2.32. The van der Waals surface area contributed by atoms with Crippen molar-refractivity contribution in [2.24, 2.45) is 0 Å². The van der Waals surface area contributed by atoms with Gasteiger partial charge in [0.2, 0.25) is 5.82 Å². The molecule has 140 valence electrons. The maximum Gasteiger partial charge on any atom is 0.270 e. The first-order valence-electron chi connectivity index (χ1n) is 9.41. The number of nitrogens with zero attached hydrogens (tertiary/aromatic N) is 4. The first-order chi connectivity index (χ1) is 13.4. The van der Waals surface area contributed by atoms with E-state index in [1.165, 1.54) is 22.9 Å². The van der Waals surface area contributed by atoms with Crippen LogP contribution < -0.4 is 9.64 Å². The summed E-state index contributed by atoms with van der Waals surface area (Å²) < 4.78 is 14.4. The first-order valence-corrected chi connectivity index (χ1v) is 10.1. The monoisotopic (exact) mass is 380 g/mol. The van der Waals surface area contributed by atoms with Crippen LogP contribution in [0.15, 0.2) is 60.7 Å². The number of aromatic nitrogens is 2. The Hall–Kier alpha value is -2.44. The Morgan fingerprint density at radius 1 is 0.889 bits per heavy atom. The molecule has 0 N–H and O–H groups in total. The zero-order valence-corrected chi connectivity index (χ0v) is 16.3. The first kappa shape index (κ1) is 17.9. The van der Waals surface area contributed by atoms with Crippen molar-refractivity contribution in [2.45, 2.75) is 13.0 Å². The molecule has 1 saturated heterocycles. The summed E-state index contributed by atoms with van der Waals surface area (Å²) in [6, 6.07) is 21.8. The molecule has 2 aromatic carbocycles. The molecule has 1 aliphatic rings. The third-order valence-corrected chi connectivity index (χ3v) is 5.43. The molecule has 4 rings (SSSR count). The molecule has 2 heterocycles. The van der Waals surface area contributed by atoms with E-state index in [9.17, 15) is 0 Å². The third kappa shape index (κ3) is 3.96. The lowest BCUT2D eigenvalue weighted by Gasteiger charge is -2.39. The van der Waals surface area contributed by atoms with Crippen LogP contribution in [-0.4, -0.2) is 46.4 Å². The Bertz CT molecular complexity index is 792. The summed E-state index contributed by atoms with van der Waals surface area (Å²) in [5, 5.41) is 0. The quantitative estimate of drug-likeness (QED) is 0.650. The van der Waals surface area contributed by atoms with E-state index in [0.29, 0.717) is 12.5 Å². The van der Waals surface area contributed by atoms with Crippen LogP contribution in [0, 0.1) is 0 Å². The second-order valence-electron chi connectivity index (χ2n) is 6.57. The van der Waals surface area contributed by atoms with Crippen LogP contribution in [0.1, 0.15) is 24.1 Å². The van der Waals surface area contributed by atoms with Gasteiger partial charge < -0.3 is 9.64 Å². The molecule has 0 aliphatic carbocycles. The smallest absolute Gasteiger partial charge is 0.270 e. The molecule has 6 heteroatoms. The largest absolute Gasteiger partial charge is 0.475 e. The minimum absolute atomic E-state index is 0.273. The standard InChI is InChI=1S/C21H24N4OS/c1-2-26-21-20(22-27-23-21)25-15-13-24(14-16-25)19(17-9-5-3-6-10-17)18-11-7-4-8-12-18/h3-12,19H,2,13-16H2,1H3. The fourth-order valence-electron chi connectivity index (χ4n) is 3.67. The molecular formula is C21H24N4OS. The van der Waals surface area contributed by atoms with Gasteiger partial charge in [-0.1, -0.05) is 60.7 Å². The number of benzene rings is 2. The van der Waals surface area contributed by atoms with Crippen LogP contribution >= 0.6 is 11.7 Å². The molecule has 0 bridgehead atoms. The number of rotatable bonds is 6. The number of piperazine rings is 1. The van der Waals surface area contributed by atoms with Gasteiger partial charge in [0, 0.05) is 26.2 Å². The molecule has 3 aromatic rings. The van der Waals surface area contributed by atoms with E-state index < -0.39 is 0 Å². The predicted molar refractivity (Wildman–Crippen MR) is 110 cm³/mol. The molecule has 1 aliphatic heterocycles. The van der Waals surface area contributed by atoms with Gasteiger partial charge >= 0.3 is 0 Å². The summed E-state index contributed by atoms with van der Waals surface area (Å²) in [7, 11) is 0. The average molecular weight is 381 g/mol. The topological polar surface area (TPSA) is 41.5 Å². The highest BCUT2D eigenvalue weighted by Gasteiger charge is 2.28. The molecule has 0 saturated carbocycles. The molecule has 0 unspecified atom stereocenters. The van der Waals surface area contributed by atoms with Crippen LogP contribution in [0.5, 0.6) is 5.88 Å². The molecule has 0 spiro atoms. The summed E-state index contributed by atoms with van der Waals surface area (Å²) >= 11 is 1.22. The predicted octanol–water partition coefficient (Wildman–Crippen LogP) is 3.85. The summed E-state index contributed by atoms with van der Waals surface area (Å²) in [6.07, 6.45) is 0. The summed E-state index contributed by atoms with van der Waals surface area (Å²) in [4.78, 5) is 4.85. The number of hydrogen-bond acceptors (Lipinski definition) is 6. The number of hydrogen-bond donors (Lipinski definition) is 0. The van der Waals surface area contributed by atoms with E-state index in [4.69, 9.17) is 4.74 Å². The van der Waals surface area contributed by atoms with Gasteiger partial charge in [-0.15, -0.1) is 4.37 Å². The molecule has 1 aromatic heterocycles. The van der Waals surface area contributed by atoms with Crippen LogP contribution in [0.2, 0.25) is 0 Å². The summed E-state index contributed by atoms with van der Waals surface area (Å²) in [6.45, 7) is 6.37. The molecular weight excluding hydrogens is 356 g/mol. The van der Waals surface area contributed by atoms with E-state index in [1.807, 2.05) is 6.92 Å². The third-order valence-electron chi connectivity index (χ3n) is 4.93. The molecule has 1 fully saturated rings. The van der Waals surface area contributed by atoms with Crippen molar-refractivity contribution < 1.29 is 4.74 Å². The minimum atomic E-state index is 0.273. The molecule has 5 nitrogen and oxygen atoms in total. The van der Waals surface area contributed by atoms with Gasteiger partial charge in [-0.3, -0.25) is 4.90 Å². The van der Waals surface area contributed by atoms with Crippen molar-refractivity contribution in [1.82, 2.24) is 13.6 Å². The summed E-state index contributed by atoms with van der Waals surface area (Å²) in [5.41, 5.74) is 2.67. The molecule has 0 radical (unpaired) electrons. The van der Waals surface area contributed by atoms with Crippen molar-refractivity contribution in [3.05, 3.63) is 71.8 Å². The minimum Gasteiger partial charge on any atom is -0.475 e. The van der Waals surface area contributed by atoms with E-state index >= 15 is 0 Å². The van der Waals surface area contributed by atoms with Crippen molar-refractivity contribution in [3.63, 3.8) is 0 Å². The Balaban J connectivity index is 1.53. The van der Waals surface area contributed by atoms with Gasteiger partial charge in [0.25, 0.3) is 5.88 Å². The SMILES string of the molecule is CCOc1nsnc1N1CCN(C(c2ccccc2)c2ccccc2)CC1. The highest BCUT2D eigenvalue weighted by molar-refractivity contribution is 6.99. The zero-order valence-electron chi connectivity index (χ0n) is 15.5. The van der Waals surface area contributed by atoms with Gasteiger partial charge in [-0.05, 0) is 18.1 Å². The van der Waals surface area contributed by atoms with E-state index in [0.717, 1.165) is 32.0 Å². The lowest BCUT2D eigenvalue weighted by Crippen LogP contribution is -2.48. The fourth-order valence-corrected chi connectivity index (χ4v) is 4.19. The van der Waals surface area contributed by atoms with Crippen molar-refractivity contribution in [2.75, 3.05) is 37.7 Å². The van der Waals surface area contributed by atoms with Gasteiger partial charge in [-0.25, -0.2) is 0 Å². The fraction of sp³-hybridized carbons (Fsp3) is 0.333. The molecule has 0 amide bonds. The van der Waals surface area contributed by atoms with E-state index in [1.54, 1.807) is 0 Å². The van der Waals surface area contributed by atoms with E-state index in [2.05, 4.69) is 79.2 Å². The van der Waals surface area contributed by atoms with Gasteiger partial charge in [-0.2, -0.15) is 4.37 Å². The Kier molecular flexibility index (Phi) is 5.65. The van der Waals surface area contributed by atoms with Gasteiger partial charge in [0.05, 0.1) is 24.4 Å². The maximum atomic E-state index is 5.62. The maximum absolute atomic E-state index is 5.62. The van der Waals surface area contributed by atoms with E-state index in [-0.39, 0.29) is 6.04 Å². The van der Waals surface area contributed by atoms with Gasteiger partial charge in [0.1, 0.15) is 0 Å². The average Bonchev–Trinajstić information content (AvgIpc) is 3.19. The second-order valence-corrected chi connectivity index (χ2v) is 7.10. The van der Waals surface area contributed by atoms with Crippen molar-refractivity contribution in [1.29, 1.82) is 0 Å². The lowest BCUT2D eigenvalue weighted by molar-refractivity contribution is 0.211. The number of ether oxygens (including phenoxy) is 1. The van der Waals surface area contributed by atoms with Gasteiger partial charge in [0.15, 0.2) is 0 Å². The second kappa shape index (κ2) is 8.50. The highest BCUT2D eigenvalue weighted by atomic mass is 32.1. The zero-order chi connectivity index (χ0) is 18.5. The molecule has 0 atom stereocenters. The van der Waals surface area contributed by atoms with Crippen LogP contribution in [0.3, 0.4) is 0 Å². The number of anilines is 1. The van der Waals surface area contributed by atoms with Crippen LogP contribution in [0.4, 0.5) is 5.82 Å². The van der Waals surface area contributed by atoms with Crippen LogP contribution in [0.25, 0.3) is 0 Å². The Morgan fingerprint density at radius 3 is 2.04 bits per heavy atom. The molecule has 27 heavy (non-hydrogen) atoms. The lowest BCUT2D eigenvalue weighted by atomic mass is 9.96. The summed E-state index contributed by atoms with van der Waals surface area (Å²) in [5.74, 6) is 1.55. The normalized spacial score (nSPS) is 15.3. The Labute approximate surface area is 164 Å². The van der Waals surface area contributed by atoms with Crippen LogP contribution in [-0.2, 0) is 0 Å².